The fourth-order valence-electron chi connectivity index (χ4n) is 3.14. The lowest BCUT2D eigenvalue weighted by molar-refractivity contribution is -0.137. The summed E-state index contributed by atoms with van der Waals surface area (Å²) in [5.41, 5.74) is 6.63. The normalized spacial score (nSPS) is 26.5. The number of aryl methyl sites for hydroxylation is 1. The van der Waals surface area contributed by atoms with E-state index in [4.69, 9.17) is 10.5 Å². The highest BCUT2D eigenvalue weighted by atomic mass is 19.4. The lowest BCUT2D eigenvalue weighted by Crippen LogP contribution is -2.37. The second-order valence-corrected chi connectivity index (χ2v) is 6.08. The van der Waals surface area contributed by atoms with E-state index in [0.717, 1.165) is 18.2 Å². The first kappa shape index (κ1) is 16.1. The molecular formula is C16H20F3N3O. The maximum absolute atomic E-state index is 12.8. The molecule has 1 aromatic carbocycles. The number of nitrogens with two attached hydrogens (primary N) is 1. The van der Waals surface area contributed by atoms with Crippen LogP contribution in [0.3, 0.4) is 0 Å². The highest BCUT2D eigenvalue weighted by Gasteiger charge is 2.46. The van der Waals surface area contributed by atoms with Crippen LogP contribution >= 0.6 is 0 Å². The molecule has 1 fully saturated rings. The zero-order valence-electron chi connectivity index (χ0n) is 13.1. The summed E-state index contributed by atoms with van der Waals surface area (Å²) >= 11 is 0. The molecule has 2 aliphatic heterocycles. The van der Waals surface area contributed by atoms with Crippen LogP contribution in [0.4, 0.5) is 18.9 Å². The average Bonchev–Trinajstić information content (AvgIpc) is 3.24. The number of aliphatic imine (C=N–C) groups is 1. The molecule has 2 heterocycles. The Labute approximate surface area is 133 Å². The van der Waals surface area contributed by atoms with Crippen LogP contribution in [0.2, 0.25) is 0 Å². The smallest absolute Gasteiger partial charge is 0.385 e. The molecule has 1 saturated heterocycles. The van der Waals surface area contributed by atoms with Gasteiger partial charge in [-0.15, -0.1) is 0 Å². The number of rotatable bonds is 4. The van der Waals surface area contributed by atoms with Crippen LogP contribution in [-0.4, -0.2) is 37.2 Å². The van der Waals surface area contributed by atoms with Crippen LogP contribution in [0.5, 0.6) is 0 Å². The predicted octanol–water partition coefficient (Wildman–Crippen LogP) is 2.74. The molecule has 23 heavy (non-hydrogen) atoms. The molecule has 2 aliphatic rings. The van der Waals surface area contributed by atoms with Gasteiger partial charge in [0.2, 0.25) is 0 Å². The second kappa shape index (κ2) is 5.70. The van der Waals surface area contributed by atoms with Gasteiger partial charge in [0.05, 0.1) is 17.7 Å². The van der Waals surface area contributed by atoms with Crippen molar-refractivity contribution in [3.8, 4) is 0 Å². The average molecular weight is 327 g/mol. The third-order valence-electron chi connectivity index (χ3n) is 4.39. The van der Waals surface area contributed by atoms with Gasteiger partial charge in [0.15, 0.2) is 0 Å². The minimum absolute atomic E-state index is 0.0143. The number of hydrogen-bond donors (Lipinski definition) is 1. The second-order valence-electron chi connectivity index (χ2n) is 6.08. The van der Waals surface area contributed by atoms with Gasteiger partial charge in [-0.05, 0) is 37.6 Å². The van der Waals surface area contributed by atoms with Crippen molar-refractivity contribution in [3.05, 3.63) is 29.3 Å². The maximum atomic E-state index is 12.8. The number of anilines is 1. The van der Waals surface area contributed by atoms with Crippen LogP contribution < -0.4 is 10.6 Å². The summed E-state index contributed by atoms with van der Waals surface area (Å²) in [5.74, 6) is 0.534. The molecule has 0 aromatic heterocycles. The number of nitrogens with zero attached hydrogens (tertiary/aromatic N) is 2. The van der Waals surface area contributed by atoms with Gasteiger partial charge >= 0.3 is 6.18 Å². The summed E-state index contributed by atoms with van der Waals surface area (Å²) < 4.78 is 43.8. The van der Waals surface area contributed by atoms with Gasteiger partial charge in [0.1, 0.15) is 11.9 Å². The Balaban J connectivity index is 1.77. The zero-order chi connectivity index (χ0) is 16.8. The fourth-order valence-corrected chi connectivity index (χ4v) is 3.14. The van der Waals surface area contributed by atoms with Gasteiger partial charge in [-0.2, -0.15) is 13.2 Å². The van der Waals surface area contributed by atoms with Crippen molar-refractivity contribution in [2.75, 3.05) is 18.0 Å². The number of fused-ring (bicyclic) bond motifs is 1. The van der Waals surface area contributed by atoms with Gasteiger partial charge in [0.25, 0.3) is 0 Å². The molecule has 1 aromatic rings. The standard InChI is InChI=1S/C16H20F3N3O/c1-3-22(8-11-7-13-14(23-13)15(20)21-11)12-5-4-10(6-9(12)2)16(17,18)19/h4-6,11,13-14H,3,7-8H2,1-2H3,(H2,20,21)/t11-,13?,14?/m1/s1. The number of halogens is 3. The van der Waals surface area contributed by atoms with Gasteiger partial charge in [-0.25, -0.2) is 0 Å². The molecule has 0 bridgehead atoms. The molecule has 0 aliphatic carbocycles. The van der Waals surface area contributed by atoms with E-state index in [1.807, 2.05) is 11.8 Å². The van der Waals surface area contributed by atoms with Crippen molar-refractivity contribution < 1.29 is 17.9 Å². The molecule has 0 saturated carbocycles. The van der Waals surface area contributed by atoms with E-state index in [9.17, 15) is 13.2 Å². The van der Waals surface area contributed by atoms with E-state index >= 15 is 0 Å². The van der Waals surface area contributed by atoms with E-state index in [1.54, 1.807) is 6.92 Å². The Bertz CT molecular complexity index is 629. The first-order valence-electron chi connectivity index (χ1n) is 7.71. The molecule has 2 unspecified atom stereocenters. The van der Waals surface area contributed by atoms with Gasteiger partial charge < -0.3 is 15.4 Å². The lowest BCUT2D eigenvalue weighted by atomic mass is 10.0. The summed E-state index contributed by atoms with van der Waals surface area (Å²) in [6.07, 6.45) is -3.37. The Hall–Kier alpha value is -1.76. The first-order valence-corrected chi connectivity index (χ1v) is 7.71. The van der Waals surface area contributed by atoms with Crippen LogP contribution in [-0.2, 0) is 10.9 Å². The minimum Gasteiger partial charge on any atom is -0.385 e. The van der Waals surface area contributed by atoms with Crippen molar-refractivity contribution in [1.29, 1.82) is 0 Å². The maximum Gasteiger partial charge on any atom is 0.416 e. The van der Waals surface area contributed by atoms with Crippen LogP contribution in [0.15, 0.2) is 23.2 Å². The van der Waals surface area contributed by atoms with Crippen molar-refractivity contribution in [2.45, 2.75) is 44.7 Å². The van der Waals surface area contributed by atoms with Crippen molar-refractivity contribution >= 4 is 11.5 Å². The van der Waals surface area contributed by atoms with Crippen LogP contribution in [0, 0.1) is 6.92 Å². The summed E-state index contributed by atoms with van der Waals surface area (Å²) in [4.78, 5) is 6.49. The summed E-state index contributed by atoms with van der Waals surface area (Å²) in [6.45, 7) is 4.98. The molecular weight excluding hydrogens is 307 g/mol. The molecule has 3 atom stereocenters. The number of benzene rings is 1. The molecule has 0 spiro atoms. The van der Waals surface area contributed by atoms with Crippen LogP contribution in [0.1, 0.15) is 24.5 Å². The third-order valence-corrected chi connectivity index (χ3v) is 4.39. The predicted molar refractivity (Wildman–Crippen MR) is 82.8 cm³/mol. The van der Waals surface area contributed by atoms with Crippen molar-refractivity contribution in [1.82, 2.24) is 0 Å². The Morgan fingerprint density at radius 1 is 1.39 bits per heavy atom. The van der Waals surface area contributed by atoms with Gasteiger partial charge in [0, 0.05) is 25.2 Å². The molecule has 0 radical (unpaired) electrons. The number of likely N-dealkylation sites (N-methyl/N-ethyl adjacent to an activating group) is 1. The number of alkyl halides is 3. The number of ether oxygens (including phenoxy) is 1. The topological polar surface area (TPSA) is 54.1 Å². The monoisotopic (exact) mass is 327 g/mol. The molecule has 2 N–H and O–H groups in total. The molecule has 7 heteroatoms. The Morgan fingerprint density at radius 3 is 2.70 bits per heavy atom. The minimum atomic E-state index is -4.32. The van der Waals surface area contributed by atoms with Crippen molar-refractivity contribution in [2.24, 2.45) is 10.7 Å². The van der Waals surface area contributed by atoms with Gasteiger partial charge in [-0.1, -0.05) is 0 Å². The Morgan fingerprint density at radius 2 is 2.13 bits per heavy atom. The van der Waals surface area contributed by atoms with E-state index in [0.29, 0.717) is 24.5 Å². The first-order chi connectivity index (χ1) is 10.8. The van der Waals surface area contributed by atoms with E-state index in [1.165, 1.54) is 12.1 Å². The number of hydrogen-bond acceptors (Lipinski definition) is 4. The van der Waals surface area contributed by atoms with E-state index in [2.05, 4.69) is 4.99 Å². The summed E-state index contributed by atoms with van der Waals surface area (Å²) in [7, 11) is 0. The Kier molecular flexibility index (Phi) is 4.00. The highest BCUT2D eigenvalue weighted by molar-refractivity contribution is 5.88. The molecule has 0 amide bonds. The number of epoxide rings is 1. The summed E-state index contributed by atoms with van der Waals surface area (Å²) in [5, 5.41) is 0. The SMILES string of the molecule is CCN(C[C@H]1CC2OC2C(N)=N1)c1ccc(C(F)(F)F)cc1C. The largest absolute Gasteiger partial charge is 0.416 e. The molecule has 4 nitrogen and oxygen atoms in total. The van der Waals surface area contributed by atoms with E-state index < -0.39 is 11.7 Å². The van der Waals surface area contributed by atoms with Gasteiger partial charge in [-0.3, -0.25) is 4.99 Å². The number of amidine groups is 1. The highest BCUT2D eigenvalue weighted by Crippen LogP contribution is 2.34. The quantitative estimate of drug-likeness (QED) is 0.865. The molecule has 3 rings (SSSR count). The third kappa shape index (κ3) is 3.29. The fraction of sp³-hybridized carbons (Fsp3) is 0.562. The van der Waals surface area contributed by atoms with E-state index in [-0.39, 0.29) is 18.2 Å². The lowest BCUT2D eigenvalue weighted by Gasteiger charge is -2.29. The van der Waals surface area contributed by atoms with Crippen molar-refractivity contribution in [3.63, 3.8) is 0 Å². The molecule has 126 valence electrons. The van der Waals surface area contributed by atoms with Crippen LogP contribution in [0.25, 0.3) is 0 Å². The zero-order valence-corrected chi connectivity index (χ0v) is 13.1. The summed E-state index contributed by atoms with van der Waals surface area (Å²) in [6, 6.07) is 3.87.